The maximum absolute atomic E-state index is 13.1. The molecule has 7 heteroatoms. The lowest BCUT2D eigenvalue weighted by Gasteiger charge is -2.25. The number of anilines is 1. The number of hydrogen-bond donors (Lipinski definition) is 0. The van der Waals surface area contributed by atoms with Crippen LogP contribution in [0.25, 0.3) is 0 Å². The van der Waals surface area contributed by atoms with Crippen LogP contribution in [-0.2, 0) is 19.2 Å². The van der Waals surface area contributed by atoms with E-state index in [0.29, 0.717) is 12.1 Å². The second kappa shape index (κ2) is 9.13. The number of likely N-dealkylation sites (tertiary alicyclic amines) is 1. The van der Waals surface area contributed by atoms with Gasteiger partial charge in [-0.25, -0.2) is 4.90 Å². The minimum Gasteiger partial charge on any atom is -0.426 e. The molecule has 7 nitrogen and oxygen atoms in total. The van der Waals surface area contributed by atoms with Crippen LogP contribution in [-0.4, -0.2) is 35.1 Å². The highest BCUT2D eigenvalue weighted by Crippen LogP contribution is 2.41. The molecule has 2 saturated heterocycles. The zero-order chi connectivity index (χ0) is 24.7. The predicted octanol–water partition coefficient (Wildman–Crippen LogP) is 3.90. The predicted molar refractivity (Wildman–Crippen MR) is 129 cm³/mol. The molecule has 0 radical (unpaired) electrons. The molecule has 3 aliphatic rings. The SMILES string of the molecule is C[C@@H]1C=CC[C@@H]2C(=O)N(c3cccc(OC(=O)[C@@H]4CC(=O)N([C@H](C)c5ccccc5)C4)c3)C(=O)[C@@H]12. The van der Waals surface area contributed by atoms with Gasteiger partial charge < -0.3 is 9.64 Å². The smallest absolute Gasteiger partial charge is 0.316 e. The minimum absolute atomic E-state index is 0.00247. The Morgan fingerprint density at radius 1 is 1.03 bits per heavy atom. The van der Waals surface area contributed by atoms with E-state index in [1.165, 1.54) is 4.90 Å². The number of hydrogen-bond acceptors (Lipinski definition) is 5. The van der Waals surface area contributed by atoms with Crippen LogP contribution < -0.4 is 9.64 Å². The summed E-state index contributed by atoms with van der Waals surface area (Å²) >= 11 is 0. The molecule has 2 aromatic rings. The number of carbonyl (C=O) groups is 4. The van der Waals surface area contributed by atoms with Crippen molar-refractivity contribution in [3.05, 3.63) is 72.3 Å². The first kappa shape index (κ1) is 23.0. The van der Waals surface area contributed by atoms with Crippen LogP contribution in [0.3, 0.4) is 0 Å². The number of esters is 1. The summed E-state index contributed by atoms with van der Waals surface area (Å²) in [6, 6.07) is 16.0. The van der Waals surface area contributed by atoms with E-state index in [4.69, 9.17) is 4.74 Å². The average molecular weight is 473 g/mol. The van der Waals surface area contributed by atoms with Crippen molar-refractivity contribution in [2.75, 3.05) is 11.4 Å². The summed E-state index contributed by atoms with van der Waals surface area (Å²) in [7, 11) is 0. The van der Waals surface area contributed by atoms with Gasteiger partial charge in [-0.15, -0.1) is 0 Å². The first-order valence-corrected chi connectivity index (χ1v) is 12.1. The lowest BCUT2D eigenvalue weighted by atomic mass is 9.78. The first-order valence-electron chi connectivity index (χ1n) is 12.1. The number of benzene rings is 2. The summed E-state index contributed by atoms with van der Waals surface area (Å²) in [4.78, 5) is 54.6. The summed E-state index contributed by atoms with van der Waals surface area (Å²) in [6.45, 7) is 4.18. The van der Waals surface area contributed by atoms with E-state index < -0.39 is 11.9 Å². The fourth-order valence-corrected chi connectivity index (χ4v) is 5.46. The topological polar surface area (TPSA) is 84.0 Å². The number of amides is 3. The Hall–Kier alpha value is -3.74. The van der Waals surface area contributed by atoms with Crippen molar-refractivity contribution in [1.29, 1.82) is 0 Å². The number of fused-ring (bicyclic) bond motifs is 1. The van der Waals surface area contributed by atoms with E-state index in [9.17, 15) is 19.2 Å². The molecule has 0 unspecified atom stereocenters. The molecule has 0 N–H and O–H groups in total. The number of carbonyl (C=O) groups excluding carboxylic acids is 4. The Labute approximate surface area is 204 Å². The number of imide groups is 1. The molecule has 3 amide bonds. The second-order valence-electron chi connectivity index (χ2n) is 9.62. The highest BCUT2D eigenvalue weighted by molar-refractivity contribution is 6.22. The van der Waals surface area contributed by atoms with Crippen LogP contribution in [0.4, 0.5) is 5.69 Å². The van der Waals surface area contributed by atoms with E-state index >= 15 is 0 Å². The zero-order valence-electron chi connectivity index (χ0n) is 19.8. The van der Waals surface area contributed by atoms with Gasteiger partial charge in [0.25, 0.3) is 0 Å². The molecule has 1 aliphatic carbocycles. The average Bonchev–Trinajstić information content (AvgIpc) is 3.37. The number of allylic oxidation sites excluding steroid dienone is 2. The van der Waals surface area contributed by atoms with Crippen molar-refractivity contribution < 1.29 is 23.9 Å². The van der Waals surface area contributed by atoms with Gasteiger partial charge in [-0.05, 0) is 37.0 Å². The summed E-state index contributed by atoms with van der Waals surface area (Å²) < 4.78 is 5.61. The normalized spacial score (nSPS) is 26.7. The summed E-state index contributed by atoms with van der Waals surface area (Å²) in [5.41, 5.74) is 1.40. The maximum atomic E-state index is 13.1. The quantitative estimate of drug-likeness (QED) is 0.285. The molecule has 2 fully saturated rings. The largest absolute Gasteiger partial charge is 0.426 e. The van der Waals surface area contributed by atoms with Crippen molar-refractivity contribution in [3.63, 3.8) is 0 Å². The van der Waals surface area contributed by atoms with E-state index in [1.807, 2.05) is 56.3 Å². The van der Waals surface area contributed by atoms with Gasteiger partial charge in [0, 0.05) is 19.0 Å². The van der Waals surface area contributed by atoms with Crippen LogP contribution in [0.5, 0.6) is 5.75 Å². The van der Waals surface area contributed by atoms with Crippen molar-refractivity contribution >= 4 is 29.4 Å². The molecule has 2 heterocycles. The molecule has 0 aromatic heterocycles. The Kier molecular flexibility index (Phi) is 6.01. The van der Waals surface area contributed by atoms with Crippen molar-refractivity contribution in [2.45, 2.75) is 32.7 Å². The Morgan fingerprint density at radius 2 is 1.80 bits per heavy atom. The molecule has 0 spiro atoms. The third-order valence-electron chi connectivity index (χ3n) is 7.41. The summed E-state index contributed by atoms with van der Waals surface area (Å²) in [5.74, 6) is -2.06. The molecule has 35 heavy (non-hydrogen) atoms. The highest BCUT2D eigenvalue weighted by atomic mass is 16.5. The summed E-state index contributed by atoms with van der Waals surface area (Å²) in [6.07, 6.45) is 4.59. The molecule has 5 atom stereocenters. The van der Waals surface area contributed by atoms with Crippen LogP contribution in [0.2, 0.25) is 0 Å². The van der Waals surface area contributed by atoms with Crippen LogP contribution in [0.15, 0.2) is 66.7 Å². The van der Waals surface area contributed by atoms with Gasteiger partial charge in [0.2, 0.25) is 17.7 Å². The molecular formula is C28H28N2O5. The van der Waals surface area contributed by atoms with Crippen molar-refractivity contribution in [2.24, 2.45) is 23.7 Å². The molecule has 5 rings (SSSR count). The van der Waals surface area contributed by atoms with Crippen LogP contribution >= 0.6 is 0 Å². The van der Waals surface area contributed by atoms with Gasteiger partial charge >= 0.3 is 5.97 Å². The van der Waals surface area contributed by atoms with E-state index in [0.717, 1.165) is 5.56 Å². The third-order valence-corrected chi connectivity index (χ3v) is 7.41. The molecule has 2 aliphatic heterocycles. The number of ether oxygens (including phenoxy) is 1. The maximum Gasteiger partial charge on any atom is 0.316 e. The Balaban J connectivity index is 1.28. The molecular weight excluding hydrogens is 444 g/mol. The Morgan fingerprint density at radius 3 is 2.54 bits per heavy atom. The van der Waals surface area contributed by atoms with Crippen molar-refractivity contribution in [3.8, 4) is 5.75 Å². The van der Waals surface area contributed by atoms with Gasteiger partial charge in [0.05, 0.1) is 29.5 Å². The fraction of sp³-hybridized carbons (Fsp3) is 0.357. The first-order chi connectivity index (χ1) is 16.8. The van der Waals surface area contributed by atoms with Gasteiger partial charge in [0.15, 0.2) is 0 Å². The second-order valence-corrected chi connectivity index (χ2v) is 9.62. The zero-order valence-corrected chi connectivity index (χ0v) is 19.8. The molecule has 180 valence electrons. The summed E-state index contributed by atoms with van der Waals surface area (Å²) in [5, 5.41) is 0. The lowest BCUT2D eigenvalue weighted by Crippen LogP contribution is -2.31. The van der Waals surface area contributed by atoms with Gasteiger partial charge in [0.1, 0.15) is 5.75 Å². The minimum atomic E-state index is -0.581. The van der Waals surface area contributed by atoms with Crippen LogP contribution in [0, 0.1) is 23.7 Å². The monoisotopic (exact) mass is 472 g/mol. The van der Waals surface area contributed by atoms with E-state index in [2.05, 4.69) is 0 Å². The standard InChI is InChI=1S/C28H28N2O5/c1-17-8-6-13-23-25(17)27(33)30(26(23)32)21-11-7-12-22(15-21)35-28(34)20-14-24(31)29(16-20)18(2)19-9-4-3-5-10-19/h3-12,15,17-18,20,23,25H,13-14,16H2,1-2H3/t17-,18-,20-,23+,25+/m1/s1. The molecule has 0 bridgehead atoms. The third kappa shape index (κ3) is 4.16. The molecule has 0 saturated carbocycles. The lowest BCUT2D eigenvalue weighted by molar-refractivity contribution is -0.139. The van der Waals surface area contributed by atoms with Crippen molar-refractivity contribution in [1.82, 2.24) is 4.90 Å². The van der Waals surface area contributed by atoms with Gasteiger partial charge in [-0.3, -0.25) is 19.2 Å². The number of nitrogens with zero attached hydrogens (tertiary/aromatic N) is 2. The van der Waals surface area contributed by atoms with Crippen LogP contribution in [0.1, 0.15) is 38.3 Å². The highest BCUT2D eigenvalue weighted by Gasteiger charge is 2.50. The van der Waals surface area contributed by atoms with E-state index in [1.54, 1.807) is 29.2 Å². The van der Waals surface area contributed by atoms with E-state index in [-0.39, 0.29) is 60.2 Å². The number of rotatable bonds is 5. The van der Waals surface area contributed by atoms with Gasteiger partial charge in [-0.1, -0.05) is 55.5 Å². The molecule has 2 aromatic carbocycles. The van der Waals surface area contributed by atoms with Gasteiger partial charge in [-0.2, -0.15) is 0 Å². The fourth-order valence-electron chi connectivity index (χ4n) is 5.46. The Bertz CT molecular complexity index is 1210.